The first-order valence-corrected chi connectivity index (χ1v) is 10.6. The number of aliphatic hydroxyl groups excluding tert-OH is 1. The molecule has 2 aromatic rings. The van der Waals surface area contributed by atoms with Gasteiger partial charge in [0.2, 0.25) is 0 Å². The number of fused-ring (bicyclic) bond motifs is 1. The van der Waals surface area contributed by atoms with Crippen LogP contribution in [0.4, 0.5) is 0 Å². The Kier molecular flexibility index (Phi) is 5.22. The van der Waals surface area contributed by atoms with Crippen LogP contribution in [0.3, 0.4) is 0 Å². The van der Waals surface area contributed by atoms with E-state index in [9.17, 15) is 14.7 Å². The highest BCUT2D eigenvalue weighted by Gasteiger charge is 2.46. The summed E-state index contributed by atoms with van der Waals surface area (Å²) in [6.07, 6.45) is 3.63. The van der Waals surface area contributed by atoms with E-state index in [1.54, 1.807) is 11.0 Å². The number of Topliss-reactive ketones (excluding diaryl/α,β-unsaturated/α-hetero) is 1. The molecular formula is C22H23NO4S. The van der Waals surface area contributed by atoms with Gasteiger partial charge in [-0.2, -0.15) is 0 Å². The molecule has 2 aliphatic heterocycles. The van der Waals surface area contributed by atoms with Crippen molar-refractivity contribution in [3.63, 3.8) is 0 Å². The molecule has 0 spiro atoms. The summed E-state index contributed by atoms with van der Waals surface area (Å²) >= 11 is 1.49. The number of benzene rings is 1. The van der Waals surface area contributed by atoms with Crippen molar-refractivity contribution in [2.45, 2.75) is 38.6 Å². The minimum absolute atomic E-state index is 0.107. The average Bonchev–Trinajstić information content (AvgIpc) is 3.43. The summed E-state index contributed by atoms with van der Waals surface area (Å²) in [4.78, 5) is 28.1. The van der Waals surface area contributed by atoms with Crippen molar-refractivity contribution < 1.29 is 19.4 Å². The molecule has 3 heterocycles. The van der Waals surface area contributed by atoms with Crippen LogP contribution in [0.5, 0.6) is 5.75 Å². The lowest BCUT2D eigenvalue weighted by molar-refractivity contribution is -0.139. The van der Waals surface area contributed by atoms with Crippen LogP contribution in [0.1, 0.15) is 48.2 Å². The van der Waals surface area contributed by atoms with Crippen LogP contribution in [-0.4, -0.2) is 34.8 Å². The van der Waals surface area contributed by atoms with Gasteiger partial charge in [0.1, 0.15) is 11.5 Å². The fourth-order valence-corrected chi connectivity index (χ4v) is 4.72. The fraction of sp³-hybridized carbons (Fsp3) is 0.364. The molecule has 0 radical (unpaired) electrons. The van der Waals surface area contributed by atoms with E-state index in [1.165, 1.54) is 11.3 Å². The summed E-state index contributed by atoms with van der Waals surface area (Å²) in [5.74, 6) is -0.430. The maximum absolute atomic E-state index is 12.9. The number of carbonyl (C=O) groups is 2. The quantitative estimate of drug-likeness (QED) is 0.342. The minimum Gasteiger partial charge on any atom is -0.507 e. The number of unbranched alkanes of at least 4 members (excludes halogenated alkanes) is 2. The van der Waals surface area contributed by atoms with Gasteiger partial charge in [-0.05, 0) is 41.6 Å². The molecule has 1 saturated heterocycles. The topological polar surface area (TPSA) is 66.8 Å². The van der Waals surface area contributed by atoms with Crippen molar-refractivity contribution >= 4 is 28.8 Å². The first kappa shape index (κ1) is 18.7. The van der Waals surface area contributed by atoms with Crippen LogP contribution in [-0.2, 0) is 16.0 Å². The van der Waals surface area contributed by atoms with Crippen LogP contribution in [0.2, 0.25) is 0 Å². The van der Waals surface area contributed by atoms with Gasteiger partial charge in [0.05, 0.1) is 18.2 Å². The van der Waals surface area contributed by atoms with Crippen LogP contribution in [0.15, 0.2) is 41.3 Å². The third-order valence-corrected chi connectivity index (χ3v) is 6.24. The SMILES string of the molecule is CCCCCN1C(=O)C(=O)/C(=C(\O)c2ccc3c(c2)CCO3)C1c1cccs1. The molecular weight excluding hydrogens is 374 g/mol. The molecule has 0 aliphatic carbocycles. The molecule has 6 heteroatoms. The standard InChI is InChI=1S/C22H23NO4S/c1-2-3-4-10-23-19(17-6-5-12-28-17)18(21(25)22(23)26)20(24)15-7-8-16-14(13-15)9-11-27-16/h5-8,12-13,19,24H,2-4,9-11H2,1H3/b20-18-. The number of likely N-dealkylation sites (tertiary alicyclic amines) is 1. The van der Waals surface area contributed by atoms with Gasteiger partial charge in [-0.15, -0.1) is 11.3 Å². The van der Waals surface area contributed by atoms with E-state index < -0.39 is 17.7 Å². The molecule has 1 fully saturated rings. The molecule has 1 aromatic carbocycles. The lowest BCUT2D eigenvalue weighted by Gasteiger charge is -2.24. The van der Waals surface area contributed by atoms with Crippen molar-refractivity contribution in [3.8, 4) is 5.75 Å². The van der Waals surface area contributed by atoms with E-state index in [-0.39, 0.29) is 11.3 Å². The minimum atomic E-state index is -0.607. The van der Waals surface area contributed by atoms with E-state index in [1.807, 2.05) is 29.6 Å². The Morgan fingerprint density at radius 2 is 2.14 bits per heavy atom. The highest BCUT2D eigenvalue weighted by Crippen LogP contribution is 2.41. The molecule has 1 N–H and O–H groups in total. The van der Waals surface area contributed by atoms with Crippen LogP contribution < -0.4 is 4.74 Å². The van der Waals surface area contributed by atoms with Crippen LogP contribution in [0, 0.1) is 0 Å². The Balaban J connectivity index is 1.77. The highest BCUT2D eigenvalue weighted by atomic mass is 32.1. The third-order valence-electron chi connectivity index (χ3n) is 5.32. The highest BCUT2D eigenvalue weighted by molar-refractivity contribution is 7.10. The second kappa shape index (κ2) is 7.80. The van der Waals surface area contributed by atoms with Gasteiger partial charge in [-0.1, -0.05) is 25.8 Å². The second-order valence-electron chi connectivity index (χ2n) is 7.14. The Bertz CT molecular complexity index is 932. The molecule has 1 amide bonds. The molecule has 146 valence electrons. The molecule has 4 rings (SSSR count). The number of nitrogens with zero attached hydrogens (tertiary/aromatic N) is 1. The van der Waals surface area contributed by atoms with Crippen molar-refractivity contribution in [2.24, 2.45) is 0 Å². The van der Waals surface area contributed by atoms with E-state index >= 15 is 0 Å². The molecule has 1 unspecified atom stereocenters. The van der Waals surface area contributed by atoms with Gasteiger partial charge in [-0.3, -0.25) is 9.59 Å². The Morgan fingerprint density at radius 1 is 1.29 bits per heavy atom. The number of thiophene rings is 1. The average molecular weight is 397 g/mol. The molecule has 1 atom stereocenters. The van der Waals surface area contributed by atoms with Crippen molar-refractivity contribution in [3.05, 3.63) is 57.3 Å². The zero-order chi connectivity index (χ0) is 19.7. The fourth-order valence-electron chi connectivity index (χ4n) is 3.87. The van der Waals surface area contributed by atoms with Gasteiger partial charge in [-0.25, -0.2) is 0 Å². The Hall–Kier alpha value is -2.60. The van der Waals surface area contributed by atoms with Gasteiger partial charge in [0.25, 0.3) is 11.7 Å². The molecule has 0 saturated carbocycles. The zero-order valence-corrected chi connectivity index (χ0v) is 16.6. The Labute approximate surface area is 168 Å². The summed E-state index contributed by atoms with van der Waals surface area (Å²) in [6.45, 7) is 3.23. The van der Waals surface area contributed by atoms with Gasteiger partial charge in [0.15, 0.2) is 0 Å². The lowest BCUT2D eigenvalue weighted by Crippen LogP contribution is -2.30. The van der Waals surface area contributed by atoms with E-state index in [4.69, 9.17) is 4.74 Å². The Morgan fingerprint density at radius 3 is 2.89 bits per heavy atom. The van der Waals surface area contributed by atoms with E-state index in [0.717, 1.165) is 41.9 Å². The first-order valence-electron chi connectivity index (χ1n) is 9.69. The molecule has 5 nitrogen and oxygen atoms in total. The summed E-state index contributed by atoms with van der Waals surface area (Å²) in [5, 5.41) is 13.0. The summed E-state index contributed by atoms with van der Waals surface area (Å²) in [6, 6.07) is 8.70. The summed E-state index contributed by atoms with van der Waals surface area (Å²) in [7, 11) is 0. The maximum atomic E-state index is 12.9. The number of ether oxygens (including phenoxy) is 1. The second-order valence-corrected chi connectivity index (χ2v) is 8.12. The largest absolute Gasteiger partial charge is 0.507 e. The number of rotatable bonds is 6. The number of ketones is 1. The number of amides is 1. The van der Waals surface area contributed by atoms with Crippen molar-refractivity contribution in [1.29, 1.82) is 0 Å². The molecule has 0 bridgehead atoms. The van der Waals surface area contributed by atoms with E-state index in [0.29, 0.717) is 18.7 Å². The molecule has 28 heavy (non-hydrogen) atoms. The number of hydrogen-bond acceptors (Lipinski definition) is 5. The molecule has 1 aromatic heterocycles. The predicted molar refractivity (Wildman–Crippen MR) is 108 cm³/mol. The third kappa shape index (κ3) is 3.22. The van der Waals surface area contributed by atoms with Gasteiger partial charge in [0, 0.05) is 23.4 Å². The summed E-state index contributed by atoms with van der Waals surface area (Å²) < 4.78 is 5.52. The number of hydrogen-bond donors (Lipinski definition) is 1. The predicted octanol–water partition coefficient (Wildman–Crippen LogP) is 4.29. The normalized spacial score (nSPS) is 20.5. The van der Waals surface area contributed by atoms with Crippen molar-refractivity contribution in [1.82, 2.24) is 4.90 Å². The van der Waals surface area contributed by atoms with Crippen LogP contribution in [0.25, 0.3) is 5.76 Å². The number of aliphatic hydroxyl groups is 1. The lowest BCUT2D eigenvalue weighted by atomic mass is 9.98. The van der Waals surface area contributed by atoms with E-state index in [2.05, 4.69) is 6.92 Å². The van der Waals surface area contributed by atoms with Gasteiger partial charge < -0.3 is 14.7 Å². The zero-order valence-electron chi connectivity index (χ0n) is 15.8. The van der Waals surface area contributed by atoms with Crippen molar-refractivity contribution in [2.75, 3.05) is 13.2 Å². The monoisotopic (exact) mass is 397 g/mol. The smallest absolute Gasteiger partial charge is 0.295 e. The maximum Gasteiger partial charge on any atom is 0.295 e. The van der Waals surface area contributed by atoms with Gasteiger partial charge >= 0.3 is 0 Å². The summed E-state index contributed by atoms with van der Waals surface area (Å²) in [5.41, 5.74) is 1.74. The number of carbonyl (C=O) groups excluding carboxylic acids is 2. The van der Waals surface area contributed by atoms with Crippen LogP contribution >= 0.6 is 11.3 Å². The first-order chi connectivity index (χ1) is 13.6. The molecule has 2 aliphatic rings.